The van der Waals surface area contributed by atoms with Crippen LogP contribution in [0.15, 0.2) is 24.3 Å². The summed E-state index contributed by atoms with van der Waals surface area (Å²) in [4.78, 5) is 2.37. The molecule has 18 heavy (non-hydrogen) atoms. The van der Waals surface area contributed by atoms with Crippen molar-refractivity contribution < 1.29 is 9.84 Å². The van der Waals surface area contributed by atoms with E-state index in [1.165, 1.54) is 19.3 Å². The van der Waals surface area contributed by atoms with Gasteiger partial charge in [0.15, 0.2) is 0 Å². The summed E-state index contributed by atoms with van der Waals surface area (Å²) in [6.07, 6.45) is 3.30. The number of nitrogens with zero attached hydrogens (tertiary/aromatic N) is 1. The van der Waals surface area contributed by atoms with Crippen LogP contribution in [0.4, 0.5) is 0 Å². The van der Waals surface area contributed by atoms with Crippen molar-refractivity contribution in [3.63, 3.8) is 0 Å². The van der Waals surface area contributed by atoms with Gasteiger partial charge in [0.25, 0.3) is 0 Å². The van der Waals surface area contributed by atoms with Crippen LogP contribution in [0.2, 0.25) is 0 Å². The van der Waals surface area contributed by atoms with Gasteiger partial charge in [-0.1, -0.05) is 18.6 Å². The Morgan fingerprint density at radius 3 is 2.33 bits per heavy atom. The number of hydrogen-bond acceptors (Lipinski definition) is 3. The van der Waals surface area contributed by atoms with Gasteiger partial charge in [-0.15, -0.1) is 0 Å². The van der Waals surface area contributed by atoms with Crippen molar-refractivity contribution in [1.29, 1.82) is 0 Å². The summed E-state index contributed by atoms with van der Waals surface area (Å²) in [7, 11) is 0. The molecule has 2 rings (SSSR count). The summed E-state index contributed by atoms with van der Waals surface area (Å²) >= 11 is 0. The van der Waals surface area contributed by atoms with Crippen molar-refractivity contribution in [3.05, 3.63) is 36.8 Å². The highest BCUT2D eigenvalue weighted by Crippen LogP contribution is 2.20. The molecule has 0 aliphatic carbocycles. The van der Waals surface area contributed by atoms with Crippen LogP contribution < -0.4 is 4.74 Å². The molecule has 0 aromatic heterocycles. The molecule has 3 heteroatoms. The van der Waals surface area contributed by atoms with Gasteiger partial charge >= 0.3 is 0 Å². The van der Waals surface area contributed by atoms with Gasteiger partial charge in [-0.3, -0.25) is 4.90 Å². The number of rotatable bonds is 4. The van der Waals surface area contributed by atoms with Crippen LogP contribution in [-0.4, -0.2) is 29.3 Å². The van der Waals surface area contributed by atoms with Gasteiger partial charge in [-0.05, 0) is 44.4 Å². The summed E-state index contributed by atoms with van der Waals surface area (Å²) in [5, 5.41) is 9.34. The van der Waals surface area contributed by atoms with Crippen molar-refractivity contribution in [2.45, 2.75) is 38.5 Å². The third-order valence-corrected chi connectivity index (χ3v) is 3.48. The fourth-order valence-corrected chi connectivity index (χ4v) is 2.32. The summed E-state index contributed by atoms with van der Waals surface area (Å²) in [5.74, 6) is 0.845. The minimum absolute atomic E-state index is 0.112. The van der Waals surface area contributed by atoms with Gasteiger partial charge < -0.3 is 9.84 Å². The smallest absolute Gasteiger partial charge is 0.149 e. The first-order valence-corrected chi connectivity index (χ1v) is 6.68. The van der Waals surface area contributed by atoms with Gasteiger partial charge in [0, 0.05) is 13.1 Å². The first-order chi connectivity index (χ1) is 8.66. The SMILES string of the molecule is [CH2]C(O)c1ccc(OC(C)N2CCCCC2)cc1. The standard InChI is InChI=1S/C15H22NO2/c1-12(17)14-6-8-15(9-7-14)18-13(2)16-10-4-3-5-11-16/h6-9,12-13,17H,1,3-5,10-11H2,2H3. The average Bonchev–Trinajstić information content (AvgIpc) is 2.40. The molecule has 1 N–H and O–H groups in total. The van der Waals surface area contributed by atoms with Crippen LogP contribution in [-0.2, 0) is 0 Å². The second kappa shape index (κ2) is 6.21. The highest BCUT2D eigenvalue weighted by Gasteiger charge is 2.17. The summed E-state index contributed by atoms with van der Waals surface area (Å²) in [6.45, 7) is 7.92. The highest BCUT2D eigenvalue weighted by molar-refractivity contribution is 5.28. The zero-order valence-corrected chi connectivity index (χ0v) is 11.0. The number of hydrogen-bond donors (Lipinski definition) is 1. The lowest BCUT2D eigenvalue weighted by Crippen LogP contribution is -2.40. The minimum Gasteiger partial charge on any atom is -0.475 e. The quantitative estimate of drug-likeness (QED) is 0.889. The Kier molecular flexibility index (Phi) is 4.61. The van der Waals surface area contributed by atoms with Crippen molar-refractivity contribution in [3.8, 4) is 5.75 Å². The molecule has 0 bridgehead atoms. The van der Waals surface area contributed by atoms with E-state index in [9.17, 15) is 5.11 Å². The van der Waals surface area contributed by atoms with E-state index in [1.54, 1.807) is 0 Å². The lowest BCUT2D eigenvalue weighted by atomic mass is 10.1. The zero-order chi connectivity index (χ0) is 13.0. The largest absolute Gasteiger partial charge is 0.475 e. The van der Waals surface area contributed by atoms with E-state index in [4.69, 9.17) is 4.74 Å². The Balaban J connectivity index is 1.91. The lowest BCUT2D eigenvalue weighted by Gasteiger charge is -2.32. The Labute approximate surface area is 109 Å². The highest BCUT2D eigenvalue weighted by atomic mass is 16.5. The molecule has 1 aromatic carbocycles. The van der Waals surface area contributed by atoms with E-state index < -0.39 is 6.10 Å². The fourth-order valence-electron chi connectivity index (χ4n) is 2.32. The molecule has 1 aromatic rings. The van der Waals surface area contributed by atoms with E-state index in [-0.39, 0.29) is 6.23 Å². The molecule has 1 fully saturated rings. The third kappa shape index (κ3) is 3.47. The van der Waals surface area contributed by atoms with Gasteiger partial charge in [-0.25, -0.2) is 0 Å². The van der Waals surface area contributed by atoms with Crippen LogP contribution in [0.3, 0.4) is 0 Å². The third-order valence-electron chi connectivity index (χ3n) is 3.48. The molecule has 1 aliphatic rings. The Morgan fingerprint density at radius 1 is 1.17 bits per heavy atom. The van der Waals surface area contributed by atoms with Gasteiger partial charge in [0.2, 0.25) is 0 Å². The van der Waals surface area contributed by atoms with Crippen LogP contribution in [0, 0.1) is 6.92 Å². The van der Waals surface area contributed by atoms with Crippen LogP contribution >= 0.6 is 0 Å². The monoisotopic (exact) mass is 248 g/mol. The van der Waals surface area contributed by atoms with Crippen molar-refractivity contribution in [2.24, 2.45) is 0 Å². The van der Waals surface area contributed by atoms with Gasteiger partial charge in [0.1, 0.15) is 12.0 Å². The molecule has 1 radical (unpaired) electrons. The van der Waals surface area contributed by atoms with E-state index >= 15 is 0 Å². The molecule has 1 heterocycles. The molecule has 0 spiro atoms. The van der Waals surface area contributed by atoms with Gasteiger partial charge in [-0.2, -0.15) is 0 Å². The summed E-state index contributed by atoms with van der Waals surface area (Å²) in [6, 6.07) is 7.50. The molecular weight excluding hydrogens is 226 g/mol. The summed E-state index contributed by atoms with van der Waals surface area (Å²) in [5.41, 5.74) is 0.813. The number of benzene rings is 1. The number of aliphatic hydroxyl groups excluding tert-OH is 1. The first kappa shape index (κ1) is 13.4. The molecular formula is C15H22NO2. The minimum atomic E-state index is -0.668. The topological polar surface area (TPSA) is 32.7 Å². The summed E-state index contributed by atoms with van der Waals surface area (Å²) < 4.78 is 5.91. The second-order valence-corrected chi connectivity index (χ2v) is 4.90. The maximum atomic E-state index is 9.34. The fraction of sp³-hybridized carbons (Fsp3) is 0.533. The van der Waals surface area contributed by atoms with Crippen molar-refractivity contribution >= 4 is 0 Å². The molecule has 0 amide bonds. The molecule has 1 aliphatic heterocycles. The van der Waals surface area contributed by atoms with E-state index in [0.29, 0.717) is 0 Å². The van der Waals surface area contributed by atoms with Crippen molar-refractivity contribution in [2.75, 3.05) is 13.1 Å². The molecule has 2 unspecified atom stereocenters. The predicted octanol–water partition coefficient (Wildman–Crippen LogP) is 2.76. The maximum Gasteiger partial charge on any atom is 0.149 e. The van der Waals surface area contributed by atoms with E-state index in [1.807, 2.05) is 24.3 Å². The number of aliphatic hydroxyl groups is 1. The predicted molar refractivity (Wildman–Crippen MR) is 72.3 cm³/mol. The number of ether oxygens (including phenoxy) is 1. The van der Waals surface area contributed by atoms with E-state index in [2.05, 4.69) is 18.7 Å². The molecule has 0 saturated carbocycles. The normalized spacial score (nSPS) is 20.4. The number of likely N-dealkylation sites (tertiary alicyclic amines) is 1. The van der Waals surface area contributed by atoms with E-state index in [0.717, 1.165) is 24.4 Å². The van der Waals surface area contributed by atoms with Crippen LogP contribution in [0.5, 0.6) is 5.75 Å². The second-order valence-electron chi connectivity index (χ2n) is 4.90. The molecule has 1 saturated heterocycles. The lowest BCUT2D eigenvalue weighted by molar-refractivity contribution is 0.0262. The van der Waals surface area contributed by atoms with Crippen LogP contribution in [0.1, 0.15) is 37.9 Å². The van der Waals surface area contributed by atoms with Crippen molar-refractivity contribution in [1.82, 2.24) is 4.90 Å². The molecule has 2 atom stereocenters. The molecule has 99 valence electrons. The molecule has 3 nitrogen and oxygen atoms in total. The Bertz CT molecular complexity index is 355. The van der Waals surface area contributed by atoms with Crippen LogP contribution in [0.25, 0.3) is 0 Å². The average molecular weight is 248 g/mol. The maximum absolute atomic E-state index is 9.34. The first-order valence-electron chi connectivity index (χ1n) is 6.68. The Hall–Kier alpha value is -1.06. The Morgan fingerprint density at radius 2 is 1.78 bits per heavy atom. The number of piperidine rings is 1. The van der Waals surface area contributed by atoms with Gasteiger partial charge in [0.05, 0.1) is 6.10 Å². The zero-order valence-electron chi connectivity index (χ0n) is 11.0.